The molecule has 1 aliphatic rings. The van der Waals surface area contributed by atoms with Crippen LogP contribution in [0.3, 0.4) is 0 Å². The average molecular weight is 387 g/mol. The minimum absolute atomic E-state index is 0. The number of carbonyl (C=O) groups is 1. The van der Waals surface area contributed by atoms with E-state index in [4.69, 9.17) is 5.73 Å². The third kappa shape index (κ3) is 7.54. The molecular formula is C18H31ClN4OS. The summed E-state index contributed by atoms with van der Waals surface area (Å²) in [5, 5.41) is 2.90. The number of hydrogen-bond donors (Lipinski definition) is 2. The van der Waals surface area contributed by atoms with Crippen molar-refractivity contribution in [3.63, 3.8) is 0 Å². The predicted octanol–water partition coefficient (Wildman–Crippen LogP) is 2.26. The van der Waals surface area contributed by atoms with E-state index >= 15 is 0 Å². The summed E-state index contributed by atoms with van der Waals surface area (Å²) in [6, 6.07) is 7.69. The van der Waals surface area contributed by atoms with Crippen LogP contribution in [0.1, 0.15) is 18.9 Å². The van der Waals surface area contributed by atoms with Gasteiger partial charge in [0.05, 0.1) is 6.04 Å². The number of anilines is 1. The van der Waals surface area contributed by atoms with Gasteiger partial charge in [0, 0.05) is 38.4 Å². The highest BCUT2D eigenvalue weighted by Gasteiger charge is 2.16. The molecule has 1 aliphatic heterocycles. The number of carbonyl (C=O) groups excluding carboxylic acids is 1. The molecule has 2 rings (SSSR count). The number of amides is 1. The van der Waals surface area contributed by atoms with Crippen molar-refractivity contribution in [1.82, 2.24) is 9.80 Å². The largest absolute Gasteiger partial charge is 0.325 e. The number of thioether (sulfide) groups is 1. The van der Waals surface area contributed by atoms with Crippen LogP contribution < -0.4 is 11.1 Å². The molecule has 0 spiro atoms. The molecular weight excluding hydrogens is 356 g/mol. The van der Waals surface area contributed by atoms with Gasteiger partial charge in [-0.2, -0.15) is 11.8 Å². The van der Waals surface area contributed by atoms with Gasteiger partial charge in [-0.25, -0.2) is 0 Å². The maximum Gasteiger partial charge on any atom is 0.241 e. The number of benzene rings is 1. The number of hydrogen-bond acceptors (Lipinski definition) is 5. The molecule has 0 unspecified atom stereocenters. The van der Waals surface area contributed by atoms with E-state index in [9.17, 15) is 4.79 Å². The second kappa shape index (κ2) is 11.8. The fourth-order valence-corrected chi connectivity index (χ4v) is 3.32. The molecule has 0 radical (unpaired) electrons. The molecule has 1 atom stereocenters. The summed E-state index contributed by atoms with van der Waals surface area (Å²) in [5.74, 6) is 0.797. The lowest BCUT2D eigenvalue weighted by molar-refractivity contribution is -0.117. The number of halogens is 1. The van der Waals surface area contributed by atoms with Crippen LogP contribution in [-0.4, -0.2) is 66.5 Å². The lowest BCUT2D eigenvalue weighted by atomic mass is 10.1. The van der Waals surface area contributed by atoms with Gasteiger partial charge in [0.1, 0.15) is 0 Å². The Bertz CT molecular complexity index is 506. The molecule has 1 fully saturated rings. The van der Waals surface area contributed by atoms with Crippen molar-refractivity contribution in [2.45, 2.75) is 25.9 Å². The standard InChI is InChI=1S/C18H30N4OS.ClH/c1-3-21-9-11-22(12-10-21)14-15-4-6-16(7-5-15)20-18(23)17(19)8-13-24-2;/h4-7,17H,3,8-14,19H2,1-2H3,(H,20,23);1H/t17-;/m0./s1. The highest BCUT2D eigenvalue weighted by Crippen LogP contribution is 2.13. The summed E-state index contributed by atoms with van der Waals surface area (Å²) < 4.78 is 0. The van der Waals surface area contributed by atoms with Crippen LogP contribution in [0.25, 0.3) is 0 Å². The number of nitrogens with one attached hydrogen (secondary N) is 1. The van der Waals surface area contributed by atoms with Crippen LogP contribution in [0.5, 0.6) is 0 Å². The van der Waals surface area contributed by atoms with Gasteiger partial charge in [0.15, 0.2) is 0 Å². The van der Waals surface area contributed by atoms with Gasteiger partial charge >= 0.3 is 0 Å². The molecule has 3 N–H and O–H groups in total. The molecule has 1 heterocycles. The van der Waals surface area contributed by atoms with Crippen molar-refractivity contribution in [2.24, 2.45) is 5.73 Å². The van der Waals surface area contributed by atoms with Crippen LogP contribution >= 0.6 is 24.2 Å². The summed E-state index contributed by atoms with van der Waals surface area (Å²) in [4.78, 5) is 17.0. The molecule has 1 saturated heterocycles. The second-order valence-electron chi connectivity index (χ2n) is 6.28. The topological polar surface area (TPSA) is 61.6 Å². The van der Waals surface area contributed by atoms with Crippen LogP contribution in [0, 0.1) is 0 Å². The van der Waals surface area contributed by atoms with Gasteiger partial charge in [0.2, 0.25) is 5.91 Å². The average Bonchev–Trinajstić information content (AvgIpc) is 2.62. The highest BCUT2D eigenvalue weighted by atomic mass is 35.5. The number of nitrogens with zero attached hydrogens (tertiary/aromatic N) is 2. The SMILES string of the molecule is CCN1CCN(Cc2ccc(NC(=O)[C@@H](N)CCSC)cc2)CC1.Cl. The van der Waals surface area contributed by atoms with Crippen LogP contribution in [0.2, 0.25) is 0 Å². The summed E-state index contributed by atoms with van der Waals surface area (Å²) in [6.45, 7) is 8.88. The van der Waals surface area contributed by atoms with Crippen molar-refractivity contribution in [3.8, 4) is 0 Å². The maximum atomic E-state index is 12.0. The quantitative estimate of drug-likeness (QED) is 0.717. The monoisotopic (exact) mass is 386 g/mol. The Morgan fingerprint density at radius 2 is 1.80 bits per heavy atom. The van der Waals surface area contributed by atoms with Gasteiger partial charge in [0.25, 0.3) is 0 Å². The van der Waals surface area contributed by atoms with Gasteiger partial charge in [-0.05, 0) is 42.7 Å². The molecule has 142 valence electrons. The lowest BCUT2D eigenvalue weighted by Crippen LogP contribution is -2.45. The van der Waals surface area contributed by atoms with Gasteiger partial charge in [-0.3, -0.25) is 9.69 Å². The fourth-order valence-electron chi connectivity index (χ4n) is 2.83. The van der Waals surface area contributed by atoms with E-state index in [1.165, 1.54) is 5.56 Å². The van der Waals surface area contributed by atoms with Gasteiger partial charge in [-0.15, -0.1) is 12.4 Å². The van der Waals surface area contributed by atoms with E-state index in [0.29, 0.717) is 6.42 Å². The Balaban J connectivity index is 0.00000312. The molecule has 1 aromatic carbocycles. The second-order valence-corrected chi connectivity index (χ2v) is 7.27. The summed E-state index contributed by atoms with van der Waals surface area (Å²) in [6.07, 6.45) is 2.72. The highest BCUT2D eigenvalue weighted by molar-refractivity contribution is 7.98. The Kier molecular flexibility index (Phi) is 10.5. The van der Waals surface area contributed by atoms with Crippen LogP contribution in [0.4, 0.5) is 5.69 Å². The predicted molar refractivity (Wildman–Crippen MR) is 111 cm³/mol. The fraction of sp³-hybridized carbons (Fsp3) is 0.611. The van der Waals surface area contributed by atoms with Crippen LogP contribution in [-0.2, 0) is 11.3 Å². The molecule has 7 heteroatoms. The first-order valence-corrected chi connectivity index (χ1v) is 10.1. The van der Waals surface area contributed by atoms with Crippen molar-refractivity contribution in [1.29, 1.82) is 0 Å². The summed E-state index contributed by atoms with van der Waals surface area (Å²) >= 11 is 1.71. The van der Waals surface area contributed by atoms with Crippen molar-refractivity contribution < 1.29 is 4.79 Å². The molecule has 25 heavy (non-hydrogen) atoms. The minimum atomic E-state index is -0.438. The molecule has 0 aromatic heterocycles. The van der Waals surface area contributed by atoms with E-state index in [0.717, 1.165) is 50.7 Å². The third-order valence-corrected chi connectivity index (χ3v) is 5.15. The van der Waals surface area contributed by atoms with Crippen molar-refractivity contribution >= 4 is 35.8 Å². The van der Waals surface area contributed by atoms with Crippen LogP contribution in [0.15, 0.2) is 24.3 Å². The summed E-state index contributed by atoms with van der Waals surface area (Å²) in [7, 11) is 0. The molecule has 0 bridgehead atoms. The maximum absolute atomic E-state index is 12.0. The zero-order chi connectivity index (χ0) is 17.4. The van der Waals surface area contributed by atoms with Gasteiger partial charge < -0.3 is 16.0 Å². The Morgan fingerprint density at radius 1 is 1.20 bits per heavy atom. The minimum Gasteiger partial charge on any atom is -0.325 e. The first-order valence-electron chi connectivity index (χ1n) is 8.71. The van der Waals surface area contributed by atoms with E-state index in [2.05, 4.69) is 34.2 Å². The summed E-state index contributed by atoms with van der Waals surface area (Å²) in [5.41, 5.74) is 7.99. The number of rotatable bonds is 8. The zero-order valence-electron chi connectivity index (χ0n) is 15.2. The molecule has 0 aliphatic carbocycles. The van der Waals surface area contributed by atoms with E-state index in [-0.39, 0.29) is 18.3 Å². The molecule has 1 amide bonds. The Labute approximate surface area is 162 Å². The first kappa shape index (κ1) is 22.3. The molecule has 5 nitrogen and oxygen atoms in total. The Morgan fingerprint density at radius 3 is 2.36 bits per heavy atom. The zero-order valence-corrected chi connectivity index (χ0v) is 16.9. The number of nitrogens with two attached hydrogens (primary N) is 1. The van der Waals surface area contributed by atoms with E-state index in [1.807, 2.05) is 18.4 Å². The molecule has 1 aromatic rings. The third-order valence-electron chi connectivity index (χ3n) is 4.51. The smallest absolute Gasteiger partial charge is 0.241 e. The van der Waals surface area contributed by atoms with Gasteiger partial charge in [-0.1, -0.05) is 19.1 Å². The van der Waals surface area contributed by atoms with E-state index < -0.39 is 6.04 Å². The number of piperazine rings is 1. The number of likely N-dealkylation sites (N-methyl/N-ethyl adjacent to an activating group) is 1. The van der Waals surface area contributed by atoms with Crippen molar-refractivity contribution in [2.75, 3.05) is 50.0 Å². The Hall–Kier alpha value is -0.790. The first-order chi connectivity index (χ1) is 11.6. The van der Waals surface area contributed by atoms with Crippen molar-refractivity contribution in [3.05, 3.63) is 29.8 Å². The molecule has 0 saturated carbocycles. The van der Waals surface area contributed by atoms with E-state index in [1.54, 1.807) is 11.8 Å². The lowest BCUT2D eigenvalue weighted by Gasteiger charge is -2.34. The normalized spacial score (nSPS) is 16.9.